The van der Waals surface area contributed by atoms with Crippen LogP contribution in [0.2, 0.25) is 0 Å². The average Bonchev–Trinajstić information content (AvgIpc) is 2.89. The second-order valence-electron chi connectivity index (χ2n) is 4.21. The Balaban J connectivity index is 1.90. The molecule has 0 unspecified atom stereocenters. The summed E-state index contributed by atoms with van der Waals surface area (Å²) in [6.45, 7) is 1.17. The van der Waals surface area contributed by atoms with Crippen molar-refractivity contribution in [1.29, 1.82) is 0 Å². The Morgan fingerprint density at radius 2 is 2.47 bits per heavy atom. The molecule has 0 saturated carbocycles. The fourth-order valence-corrected chi connectivity index (χ4v) is 2.38. The van der Waals surface area contributed by atoms with Crippen LogP contribution in [0.4, 0.5) is 0 Å². The summed E-state index contributed by atoms with van der Waals surface area (Å²) in [5.41, 5.74) is 2.39. The van der Waals surface area contributed by atoms with E-state index in [1.165, 1.54) is 30.3 Å². The van der Waals surface area contributed by atoms with E-state index < -0.39 is 0 Å². The van der Waals surface area contributed by atoms with Gasteiger partial charge in [-0.3, -0.25) is 0 Å². The minimum absolute atomic E-state index is 0.657. The van der Waals surface area contributed by atoms with Crippen molar-refractivity contribution in [2.75, 3.05) is 6.54 Å². The average molecular weight is 201 g/mol. The molecule has 1 aliphatic rings. The van der Waals surface area contributed by atoms with Gasteiger partial charge < -0.3 is 10.3 Å². The molecular formula is C12H15N3. The van der Waals surface area contributed by atoms with Crippen molar-refractivity contribution in [3.8, 4) is 0 Å². The van der Waals surface area contributed by atoms with E-state index in [9.17, 15) is 0 Å². The van der Waals surface area contributed by atoms with Crippen LogP contribution in [0.3, 0.4) is 0 Å². The maximum atomic E-state index is 4.30. The van der Waals surface area contributed by atoms with Crippen LogP contribution in [-0.4, -0.2) is 22.6 Å². The van der Waals surface area contributed by atoms with Gasteiger partial charge in [0.15, 0.2) is 0 Å². The van der Waals surface area contributed by atoms with Crippen LogP contribution >= 0.6 is 0 Å². The molecule has 2 aromatic rings. The van der Waals surface area contributed by atoms with E-state index in [1.807, 2.05) is 12.3 Å². The molecule has 1 saturated heterocycles. The highest BCUT2D eigenvalue weighted by Gasteiger charge is 2.16. The SMILES string of the molecule is c1cnc2[nH]cc(C[C@H]3CCCN3)c2c1. The predicted molar refractivity (Wildman–Crippen MR) is 60.8 cm³/mol. The van der Waals surface area contributed by atoms with Gasteiger partial charge in [-0.05, 0) is 43.5 Å². The van der Waals surface area contributed by atoms with Crippen molar-refractivity contribution < 1.29 is 0 Å². The minimum Gasteiger partial charge on any atom is -0.346 e. The second-order valence-corrected chi connectivity index (χ2v) is 4.21. The van der Waals surface area contributed by atoms with Gasteiger partial charge in [0.25, 0.3) is 0 Å². The molecular weight excluding hydrogens is 186 g/mol. The van der Waals surface area contributed by atoms with Crippen molar-refractivity contribution in [2.24, 2.45) is 0 Å². The van der Waals surface area contributed by atoms with Crippen LogP contribution < -0.4 is 5.32 Å². The number of nitrogens with zero attached hydrogens (tertiary/aromatic N) is 1. The smallest absolute Gasteiger partial charge is 0.137 e. The largest absolute Gasteiger partial charge is 0.346 e. The summed E-state index contributed by atoms with van der Waals surface area (Å²) in [4.78, 5) is 7.52. The molecule has 1 atom stereocenters. The molecule has 3 rings (SSSR count). The van der Waals surface area contributed by atoms with Gasteiger partial charge in [0, 0.05) is 23.8 Å². The number of nitrogens with one attached hydrogen (secondary N) is 2. The zero-order chi connectivity index (χ0) is 10.1. The Kier molecular flexibility index (Phi) is 2.18. The van der Waals surface area contributed by atoms with Crippen LogP contribution in [0, 0.1) is 0 Å². The Hall–Kier alpha value is -1.35. The molecule has 3 heteroatoms. The summed E-state index contributed by atoms with van der Waals surface area (Å²) in [6.07, 6.45) is 7.65. The molecule has 0 aromatic carbocycles. The van der Waals surface area contributed by atoms with Gasteiger partial charge in [0.1, 0.15) is 5.65 Å². The number of hydrogen-bond acceptors (Lipinski definition) is 2. The van der Waals surface area contributed by atoms with Crippen molar-refractivity contribution in [3.05, 3.63) is 30.1 Å². The number of aromatic amines is 1. The second kappa shape index (κ2) is 3.66. The zero-order valence-electron chi connectivity index (χ0n) is 8.66. The molecule has 2 aromatic heterocycles. The molecule has 3 heterocycles. The highest BCUT2D eigenvalue weighted by Crippen LogP contribution is 2.19. The van der Waals surface area contributed by atoms with E-state index >= 15 is 0 Å². The van der Waals surface area contributed by atoms with Crippen LogP contribution in [0.15, 0.2) is 24.5 Å². The summed E-state index contributed by atoms with van der Waals surface area (Å²) in [5.74, 6) is 0. The summed E-state index contributed by atoms with van der Waals surface area (Å²) in [5, 5.41) is 4.79. The van der Waals surface area contributed by atoms with Crippen molar-refractivity contribution in [1.82, 2.24) is 15.3 Å². The first-order chi connectivity index (χ1) is 7.43. The highest BCUT2D eigenvalue weighted by molar-refractivity contribution is 5.79. The number of H-pyrrole nitrogens is 1. The van der Waals surface area contributed by atoms with Crippen molar-refractivity contribution >= 4 is 11.0 Å². The van der Waals surface area contributed by atoms with E-state index in [0.717, 1.165) is 12.1 Å². The molecule has 0 radical (unpaired) electrons. The van der Waals surface area contributed by atoms with E-state index in [2.05, 4.69) is 27.5 Å². The van der Waals surface area contributed by atoms with Crippen LogP contribution in [0.5, 0.6) is 0 Å². The minimum atomic E-state index is 0.657. The molecule has 1 aliphatic heterocycles. The lowest BCUT2D eigenvalue weighted by molar-refractivity contribution is 0.605. The van der Waals surface area contributed by atoms with E-state index in [-0.39, 0.29) is 0 Å². The Bertz CT molecular complexity index is 455. The molecule has 0 amide bonds. The molecule has 1 fully saturated rings. The third-order valence-corrected chi connectivity index (χ3v) is 3.17. The lowest BCUT2D eigenvalue weighted by Crippen LogP contribution is -2.23. The number of aromatic nitrogens is 2. The molecule has 0 bridgehead atoms. The fourth-order valence-electron chi connectivity index (χ4n) is 2.38. The fraction of sp³-hybridized carbons (Fsp3) is 0.417. The van der Waals surface area contributed by atoms with E-state index in [4.69, 9.17) is 0 Å². The van der Waals surface area contributed by atoms with Crippen molar-refractivity contribution in [3.63, 3.8) is 0 Å². The Labute approximate surface area is 88.9 Å². The van der Waals surface area contributed by atoms with Gasteiger partial charge in [-0.25, -0.2) is 4.98 Å². The third kappa shape index (κ3) is 1.63. The van der Waals surface area contributed by atoms with Gasteiger partial charge in [0.05, 0.1) is 0 Å². The molecule has 3 nitrogen and oxygen atoms in total. The molecule has 2 N–H and O–H groups in total. The van der Waals surface area contributed by atoms with Gasteiger partial charge in [0.2, 0.25) is 0 Å². The van der Waals surface area contributed by atoms with E-state index in [1.54, 1.807) is 0 Å². The van der Waals surface area contributed by atoms with E-state index in [0.29, 0.717) is 6.04 Å². The lowest BCUT2D eigenvalue weighted by Gasteiger charge is -2.08. The standard InChI is InChI=1S/C12H15N3/c1-3-10(13-5-1)7-9-8-15-12-11(9)4-2-6-14-12/h2,4,6,8,10,13H,1,3,5,7H2,(H,14,15)/t10-/m1/s1. The molecule has 0 spiro atoms. The number of rotatable bonds is 2. The summed E-state index contributed by atoms with van der Waals surface area (Å²) >= 11 is 0. The summed E-state index contributed by atoms with van der Waals surface area (Å²) in [6, 6.07) is 4.80. The van der Waals surface area contributed by atoms with Crippen LogP contribution in [0.25, 0.3) is 11.0 Å². The first kappa shape index (κ1) is 8.92. The first-order valence-corrected chi connectivity index (χ1v) is 5.58. The third-order valence-electron chi connectivity index (χ3n) is 3.17. The topological polar surface area (TPSA) is 40.7 Å². The predicted octanol–water partition coefficient (Wildman–Crippen LogP) is 1.86. The van der Waals surface area contributed by atoms with Gasteiger partial charge in [-0.1, -0.05) is 0 Å². The first-order valence-electron chi connectivity index (χ1n) is 5.58. The maximum absolute atomic E-state index is 4.30. The quantitative estimate of drug-likeness (QED) is 0.778. The maximum Gasteiger partial charge on any atom is 0.137 e. The molecule has 78 valence electrons. The van der Waals surface area contributed by atoms with Gasteiger partial charge in [-0.15, -0.1) is 0 Å². The lowest BCUT2D eigenvalue weighted by atomic mass is 10.1. The molecule has 15 heavy (non-hydrogen) atoms. The highest BCUT2D eigenvalue weighted by atomic mass is 14.9. The summed E-state index contributed by atoms with van der Waals surface area (Å²) in [7, 11) is 0. The monoisotopic (exact) mass is 201 g/mol. The van der Waals surface area contributed by atoms with Crippen LogP contribution in [0.1, 0.15) is 18.4 Å². The normalized spacial score (nSPS) is 21.2. The van der Waals surface area contributed by atoms with Crippen molar-refractivity contribution in [2.45, 2.75) is 25.3 Å². The van der Waals surface area contributed by atoms with Crippen LogP contribution in [-0.2, 0) is 6.42 Å². The summed E-state index contributed by atoms with van der Waals surface area (Å²) < 4.78 is 0. The zero-order valence-corrected chi connectivity index (χ0v) is 8.66. The Morgan fingerprint density at radius 3 is 3.33 bits per heavy atom. The number of pyridine rings is 1. The Morgan fingerprint density at radius 1 is 1.47 bits per heavy atom. The molecule has 0 aliphatic carbocycles. The number of fused-ring (bicyclic) bond motifs is 1. The van der Waals surface area contributed by atoms with Gasteiger partial charge in [-0.2, -0.15) is 0 Å². The number of hydrogen-bond donors (Lipinski definition) is 2. The van der Waals surface area contributed by atoms with Gasteiger partial charge >= 0.3 is 0 Å².